The molecular weight excluding hydrogens is 290 g/mol. The van der Waals surface area contributed by atoms with E-state index in [1.165, 1.54) is 0 Å². The van der Waals surface area contributed by atoms with Crippen LogP contribution in [0.5, 0.6) is 0 Å². The molecule has 116 valence electrons. The Morgan fingerprint density at radius 1 is 1.48 bits per heavy atom. The van der Waals surface area contributed by atoms with Crippen LogP contribution >= 0.6 is 11.6 Å². The van der Waals surface area contributed by atoms with E-state index in [1.807, 2.05) is 31.3 Å². The van der Waals surface area contributed by atoms with E-state index in [4.69, 9.17) is 16.3 Å². The Balaban J connectivity index is 1.75. The number of nitrogens with one attached hydrogen (secondary N) is 2. The number of ether oxygens (including phenoxy) is 1. The largest absolute Gasteiger partial charge is 0.374 e. The van der Waals surface area contributed by atoms with Crippen LogP contribution in [-0.2, 0) is 16.1 Å². The monoisotopic (exact) mass is 311 g/mol. The lowest BCUT2D eigenvalue weighted by atomic mass is 10.2. The highest BCUT2D eigenvalue weighted by molar-refractivity contribution is 6.31. The Labute approximate surface area is 130 Å². The van der Waals surface area contributed by atoms with E-state index < -0.39 is 0 Å². The summed E-state index contributed by atoms with van der Waals surface area (Å²) in [4.78, 5) is 14.1. The number of likely N-dealkylation sites (N-methyl/N-ethyl adjacent to an activating group) is 1. The van der Waals surface area contributed by atoms with Crippen LogP contribution < -0.4 is 10.6 Å². The predicted octanol–water partition coefficient (Wildman–Crippen LogP) is 0.876. The summed E-state index contributed by atoms with van der Waals surface area (Å²) >= 11 is 6.07. The first-order valence-electron chi connectivity index (χ1n) is 7.17. The summed E-state index contributed by atoms with van der Waals surface area (Å²) in [5, 5.41) is 6.69. The van der Waals surface area contributed by atoms with Crippen molar-refractivity contribution in [3.05, 3.63) is 34.9 Å². The molecule has 0 aromatic heterocycles. The van der Waals surface area contributed by atoms with Gasteiger partial charge in [-0.1, -0.05) is 29.8 Å². The van der Waals surface area contributed by atoms with Gasteiger partial charge in [0.15, 0.2) is 0 Å². The van der Waals surface area contributed by atoms with E-state index in [0.29, 0.717) is 24.7 Å². The van der Waals surface area contributed by atoms with Gasteiger partial charge in [0.1, 0.15) is 0 Å². The van der Waals surface area contributed by atoms with Gasteiger partial charge in [0.05, 0.1) is 19.3 Å². The highest BCUT2D eigenvalue weighted by atomic mass is 35.5. The van der Waals surface area contributed by atoms with Gasteiger partial charge in [0.25, 0.3) is 0 Å². The minimum absolute atomic E-state index is 0.0139. The molecule has 0 radical (unpaired) electrons. The normalized spacial score (nSPS) is 19.4. The molecule has 1 aromatic rings. The molecule has 1 aliphatic rings. The number of carbonyl (C=O) groups is 1. The number of morpholine rings is 1. The van der Waals surface area contributed by atoms with Crippen molar-refractivity contribution in [1.82, 2.24) is 15.5 Å². The average Bonchev–Trinajstić information content (AvgIpc) is 2.47. The van der Waals surface area contributed by atoms with Gasteiger partial charge in [-0.2, -0.15) is 0 Å². The number of rotatable bonds is 6. The van der Waals surface area contributed by atoms with Crippen LogP contribution in [0.25, 0.3) is 0 Å². The summed E-state index contributed by atoms with van der Waals surface area (Å²) in [6, 6.07) is 7.54. The van der Waals surface area contributed by atoms with Crippen LogP contribution in [0.3, 0.4) is 0 Å². The summed E-state index contributed by atoms with van der Waals surface area (Å²) in [6.45, 7) is 3.90. The third-order valence-corrected chi connectivity index (χ3v) is 3.82. The zero-order chi connectivity index (χ0) is 15.1. The fourth-order valence-electron chi connectivity index (χ4n) is 2.37. The van der Waals surface area contributed by atoms with Gasteiger partial charge in [-0.15, -0.1) is 0 Å². The molecular formula is C15H22ClN3O2. The number of benzene rings is 1. The maximum atomic E-state index is 12.0. The second-order valence-electron chi connectivity index (χ2n) is 5.15. The molecule has 1 fully saturated rings. The fraction of sp³-hybridized carbons (Fsp3) is 0.533. The minimum Gasteiger partial charge on any atom is -0.374 e. The molecule has 1 unspecified atom stereocenters. The maximum absolute atomic E-state index is 12.0. The van der Waals surface area contributed by atoms with Gasteiger partial charge in [-0.25, -0.2) is 0 Å². The number of amides is 1. The number of hydrogen-bond acceptors (Lipinski definition) is 4. The van der Waals surface area contributed by atoms with E-state index in [-0.39, 0.29) is 12.0 Å². The summed E-state index contributed by atoms with van der Waals surface area (Å²) in [5.41, 5.74) is 0.933. The number of hydrogen-bond donors (Lipinski definition) is 2. The van der Waals surface area contributed by atoms with Crippen molar-refractivity contribution in [2.45, 2.75) is 12.6 Å². The molecule has 1 amide bonds. The highest BCUT2D eigenvalue weighted by Gasteiger charge is 2.21. The third-order valence-electron chi connectivity index (χ3n) is 3.46. The molecule has 1 aromatic carbocycles. The van der Waals surface area contributed by atoms with Crippen LogP contribution in [0.15, 0.2) is 24.3 Å². The third kappa shape index (κ3) is 5.28. The van der Waals surface area contributed by atoms with E-state index in [0.717, 1.165) is 25.2 Å². The van der Waals surface area contributed by atoms with Gasteiger partial charge in [0, 0.05) is 31.2 Å². The Kier molecular flexibility index (Phi) is 6.45. The maximum Gasteiger partial charge on any atom is 0.234 e. The Morgan fingerprint density at radius 2 is 2.29 bits per heavy atom. The van der Waals surface area contributed by atoms with Crippen molar-refractivity contribution >= 4 is 17.5 Å². The van der Waals surface area contributed by atoms with Crippen molar-refractivity contribution in [2.75, 3.05) is 39.8 Å². The summed E-state index contributed by atoms with van der Waals surface area (Å²) in [5.74, 6) is 0.0139. The quantitative estimate of drug-likeness (QED) is 0.819. The molecule has 1 heterocycles. The smallest absolute Gasteiger partial charge is 0.234 e. The van der Waals surface area contributed by atoms with Gasteiger partial charge >= 0.3 is 0 Å². The lowest BCUT2D eigenvalue weighted by Crippen LogP contribution is -2.49. The predicted molar refractivity (Wildman–Crippen MR) is 83.4 cm³/mol. The van der Waals surface area contributed by atoms with E-state index in [2.05, 4.69) is 15.5 Å². The number of halogens is 1. The first kappa shape index (κ1) is 16.2. The van der Waals surface area contributed by atoms with Crippen molar-refractivity contribution in [3.63, 3.8) is 0 Å². The summed E-state index contributed by atoms with van der Waals surface area (Å²) in [7, 11) is 1.90. The summed E-state index contributed by atoms with van der Waals surface area (Å²) in [6.07, 6.45) is 0.153. The SMILES string of the molecule is CNCC1CN(CC(=O)NCc2ccccc2Cl)CCO1. The van der Waals surface area contributed by atoms with E-state index in [9.17, 15) is 4.79 Å². The molecule has 1 saturated heterocycles. The molecule has 1 atom stereocenters. The van der Waals surface area contributed by atoms with Crippen LogP contribution in [0.2, 0.25) is 5.02 Å². The molecule has 0 spiro atoms. The number of carbonyl (C=O) groups excluding carboxylic acids is 1. The van der Waals surface area contributed by atoms with Crippen LogP contribution in [0.4, 0.5) is 0 Å². The highest BCUT2D eigenvalue weighted by Crippen LogP contribution is 2.14. The zero-order valence-electron chi connectivity index (χ0n) is 12.3. The molecule has 0 bridgehead atoms. The Hall–Kier alpha value is -1.14. The van der Waals surface area contributed by atoms with Crippen LogP contribution in [0, 0.1) is 0 Å². The molecule has 0 saturated carbocycles. The van der Waals surface area contributed by atoms with E-state index in [1.54, 1.807) is 0 Å². The first-order chi connectivity index (χ1) is 10.2. The van der Waals surface area contributed by atoms with Crippen molar-refractivity contribution in [1.29, 1.82) is 0 Å². The second-order valence-corrected chi connectivity index (χ2v) is 5.56. The molecule has 6 heteroatoms. The van der Waals surface area contributed by atoms with Crippen LogP contribution in [-0.4, -0.2) is 56.7 Å². The lowest BCUT2D eigenvalue weighted by Gasteiger charge is -2.32. The lowest BCUT2D eigenvalue weighted by molar-refractivity contribution is -0.124. The zero-order valence-corrected chi connectivity index (χ0v) is 13.0. The van der Waals surface area contributed by atoms with Crippen molar-refractivity contribution < 1.29 is 9.53 Å². The molecule has 2 rings (SSSR count). The molecule has 1 aliphatic heterocycles. The van der Waals surface area contributed by atoms with Gasteiger partial charge in [0.2, 0.25) is 5.91 Å². The van der Waals surface area contributed by atoms with Gasteiger partial charge < -0.3 is 15.4 Å². The first-order valence-corrected chi connectivity index (χ1v) is 7.55. The number of nitrogens with zero attached hydrogens (tertiary/aromatic N) is 1. The second kappa shape index (κ2) is 8.34. The molecule has 5 nitrogen and oxygen atoms in total. The summed E-state index contributed by atoms with van der Waals surface area (Å²) < 4.78 is 5.62. The topological polar surface area (TPSA) is 53.6 Å². The average molecular weight is 312 g/mol. The standard InChI is InChI=1S/C15H22ClN3O2/c1-17-9-13-10-19(6-7-21-13)11-15(20)18-8-12-4-2-3-5-14(12)16/h2-5,13,17H,6-11H2,1H3,(H,18,20). The van der Waals surface area contributed by atoms with Crippen molar-refractivity contribution in [3.8, 4) is 0 Å². The fourth-order valence-corrected chi connectivity index (χ4v) is 2.57. The van der Waals surface area contributed by atoms with Gasteiger partial charge in [-0.05, 0) is 18.7 Å². The Morgan fingerprint density at radius 3 is 3.05 bits per heavy atom. The Bertz CT molecular complexity index is 468. The molecule has 0 aliphatic carbocycles. The van der Waals surface area contributed by atoms with E-state index >= 15 is 0 Å². The van der Waals surface area contributed by atoms with Crippen LogP contribution in [0.1, 0.15) is 5.56 Å². The molecule has 2 N–H and O–H groups in total. The van der Waals surface area contributed by atoms with Crippen molar-refractivity contribution in [2.24, 2.45) is 0 Å². The van der Waals surface area contributed by atoms with Gasteiger partial charge in [-0.3, -0.25) is 9.69 Å². The molecule has 21 heavy (non-hydrogen) atoms. The minimum atomic E-state index is 0.0139.